The first kappa shape index (κ1) is 21.7. The molecule has 0 radical (unpaired) electrons. The molecule has 0 aliphatic rings. The third-order valence-corrected chi connectivity index (χ3v) is 7.04. The molecule has 1 unspecified atom stereocenters. The Morgan fingerprint density at radius 3 is 2.43 bits per heavy atom. The fourth-order valence-corrected chi connectivity index (χ4v) is 4.86. The monoisotopic (exact) mass is 442 g/mol. The van der Waals surface area contributed by atoms with Crippen LogP contribution in [-0.2, 0) is 20.9 Å². The van der Waals surface area contributed by atoms with Gasteiger partial charge in [-0.1, -0.05) is 13.0 Å². The summed E-state index contributed by atoms with van der Waals surface area (Å²) in [6.07, 6.45) is -3.87. The van der Waals surface area contributed by atoms with Crippen molar-refractivity contribution in [2.75, 3.05) is 12.4 Å². The average molecular weight is 442 g/mol. The molecule has 0 fully saturated rings. The summed E-state index contributed by atoms with van der Waals surface area (Å²) in [5.74, 6) is -3.03. The Morgan fingerprint density at radius 1 is 1.23 bits per heavy atom. The Morgan fingerprint density at radius 2 is 1.93 bits per heavy atom. The van der Waals surface area contributed by atoms with Crippen LogP contribution in [0.15, 0.2) is 42.6 Å². The highest BCUT2D eigenvalue weighted by Gasteiger charge is 2.53. The molecule has 2 aromatic heterocycles. The SMILES string of the molecule is CCS(=O)(=O)C(CO)(c1ccccn1)n1c(C(F)(F)F)nc2cc(C(N)=O)ccc21. The van der Waals surface area contributed by atoms with E-state index in [-0.39, 0.29) is 22.3 Å². The Labute approximate surface area is 169 Å². The van der Waals surface area contributed by atoms with Crippen molar-refractivity contribution in [2.45, 2.75) is 18.0 Å². The van der Waals surface area contributed by atoms with Crippen molar-refractivity contribution in [1.82, 2.24) is 14.5 Å². The first-order valence-electron chi connectivity index (χ1n) is 8.64. The summed E-state index contributed by atoms with van der Waals surface area (Å²) in [5.41, 5.74) is 4.21. The van der Waals surface area contributed by atoms with E-state index in [1.807, 2.05) is 0 Å². The number of fused-ring (bicyclic) bond motifs is 1. The van der Waals surface area contributed by atoms with E-state index in [4.69, 9.17) is 5.73 Å². The van der Waals surface area contributed by atoms with Crippen LogP contribution in [0.2, 0.25) is 0 Å². The van der Waals surface area contributed by atoms with E-state index in [9.17, 15) is 31.5 Å². The molecule has 8 nitrogen and oxygen atoms in total. The van der Waals surface area contributed by atoms with E-state index in [0.717, 1.165) is 18.2 Å². The van der Waals surface area contributed by atoms with Gasteiger partial charge in [-0.2, -0.15) is 13.2 Å². The number of pyridine rings is 1. The van der Waals surface area contributed by atoms with Crippen molar-refractivity contribution in [1.29, 1.82) is 0 Å². The standard InChI is InChI=1S/C18H17F3N4O4S/c1-2-30(28,29)17(10-26,14-5-3-4-8-23-14)25-13-7-6-11(15(22)27)9-12(13)24-16(25)18(19,20)21/h3-9,26H,2,10H2,1H3,(H2,22,27). The van der Waals surface area contributed by atoms with E-state index in [2.05, 4.69) is 9.97 Å². The lowest BCUT2D eigenvalue weighted by molar-refractivity contribution is -0.148. The van der Waals surface area contributed by atoms with Crippen LogP contribution >= 0.6 is 0 Å². The number of alkyl halides is 3. The van der Waals surface area contributed by atoms with E-state index in [0.29, 0.717) is 4.57 Å². The number of primary amides is 1. The van der Waals surface area contributed by atoms with Crippen LogP contribution in [0.25, 0.3) is 11.0 Å². The Balaban J connectivity index is 2.56. The largest absolute Gasteiger partial charge is 0.449 e. The number of benzene rings is 1. The first-order valence-corrected chi connectivity index (χ1v) is 10.3. The molecule has 3 aromatic rings. The lowest BCUT2D eigenvalue weighted by Crippen LogP contribution is -2.49. The van der Waals surface area contributed by atoms with Crippen LogP contribution in [0.5, 0.6) is 0 Å². The van der Waals surface area contributed by atoms with Gasteiger partial charge in [-0.05, 0) is 30.3 Å². The Hall–Kier alpha value is -2.99. The number of amides is 1. The van der Waals surface area contributed by atoms with Crippen molar-refractivity contribution in [3.8, 4) is 0 Å². The molecule has 160 valence electrons. The number of hydrogen-bond donors (Lipinski definition) is 2. The quantitative estimate of drug-likeness (QED) is 0.598. The minimum Gasteiger partial charge on any atom is -0.392 e. The van der Waals surface area contributed by atoms with Gasteiger partial charge in [-0.3, -0.25) is 14.3 Å². The zero-order chi connectivity index (χ0) is 22.3. The fraction of sp³-hybridized carbons (Fsp3) is 0.278. The van der Waals surface area contributed by atoms with Crippen molar-refractivity contribution in [2.24, 2.45) is 5.73 Å². The number of halogens is 3. The summed E-state index contributed by atoms with van der Waals surface area (Å²) in [5, 5.41) is 10.3. The van der Waals surface area contributed by atoms with Crippen LogP contribution in [0.4, 0.5) is 13.2 Å². The van der Waals surface area contributed by atoms with Crippen LogP contribution in [0.1, 0.15) is 28.8 Å². The van der Waals surface area contributed by atoms with Gasteiger partial charge < -0.3 is 10.8 Å². The third kappa shape index (κ3) is 3.21. The summed E-state index contributed by atoms with van der Waals surface area (Å²) >= 11 is 0. The van der Waals surface area contributed by atoms with Gasteiger partial charge in [0.05, 0.1) is 29.1 Å². The lowest BCUT2D eigenvalue weighted by atomic mass is 10.1. The first-order chi connectivity index (χ1) is 14.0. The van der Waals surface area contributed by atoms with Gasteiger partial charge in [0.15, 0.2) is 9.84 Å². The second kappa shape index (κ2) is 7.36. The van der Waals surface area contributed by atoms with E-state index in [1.54, 1.807) is 0 Å². The third-order valence-electron chi connectivity index (χ3n) is 4.73. The molecule has 0 aliphatic heterocycles. The van der Waals surface area contributed by atoms with Crippen molar-refractivity contribution in [3.05, 3.63) is 59.7 Å². The molecule has 0 spiro atoms. The maximum absolute atomic E-state index is 13.9. The molecular formula is C18H17F3N4O4S. The minimum absolute atomic E-state index is 0.105. The topological polar surface area (TPSA) is 128 Å². The number of hydrogen-bond acceptors (Lipinski definition) is 6. The molecule has 1 amide bonds. The summed E-state index contributed by atoms with van der Waals surface area (Å²) < 4.78 is 68.6. The van der Waals surface area contributed by atoms with Gasteiger partial charge in [0.25, 0.3) is 0 Å². The highest BCUT2D eigenvalue weighted by Crippen LogP contribution is 2.41. The average Bonchev–Trinajstić information content (AvgIpc) is 3.09. The second-order valence-electron chi connectivity index (χ2n) is 6.40. The number of sulfone groups is 1. The van der Waals surface area contributed by atoms with Gasteiger partial charge in [0.1, 0.15) is 0 Å². The summed E-state index contributed by atoms with van der Waals surface area (Å²) in [7, 11) is -4.43. The Kier molecular flexibility index (Phi) is 5.33. The zero-order valence-electron chi connectivity index (χ0n) is 15.6. The number of imidazole rings is 1. The van der Waals surface area contributed by atoms with Gasteiger partial charge in [0.2, 0.25) is 16.6 Å². The molecule has 3 N–H and O–H groups in total. The van der Waals surface area contributed by atoms with Gasteiger partial charge in [-0.15, -0.1) is 0 Å². The van der Waals surface area contributed by atoms with Crippen LogP contribution in [0.3, 0.4) is 0 Å². The van der Waals surface area contributed by atoms with E-state index < -0.39 is 45.0 Å². The molecule has 0 saturated heterocycles. The van der Waals surface area contributed by atoms with Crippen LogP contribution in [0, 0.1) is 0 Å². The lowest BCUT2D eigenvalue weighted by Gasteiger charge is -2.34. The zero-order valence-corrected chi connectivity index (χ0v) is 16.4. The van der Waals surface area contributed by atoms with Crippen LogP contribution in [-0.4, -0.2) is 46.3 Å². The second-order valence-corrected chi connectivity index (χ2v) is 8.88. The summed E-state index contributed by atoms with van der Waals surface area (Å²) in [6.45, 7) is 0.0204. The summed E-state index contributed by atoms with van der Waals surface area (Å²) in [4.78, 5) is 16.3. The minimum atomic E-state index is -5.08. The number of rotatable bonds is 6. The van der Waals surface area contributed by atoms with Crippen LogP contribution < -0.4 is 5.73 Å². The van der Waals surface area contributed by atoms with Crippen molar-refractivity contribution >= 4 is 26.8 Å². The van der Waals surface area contributed by atoms with Crippen molar-refractivity contribution < 1.29 is 31.5 Å². The van der Waals surface area contributed by atoms with Crippen molar-refractivity contribution in [3.63, 3.8) is 0 Å². The molecule has 3 rings (SSSR count). The number of carbonyl (C=O) groups is 1. The van der Waals surface area contributed by atoms with Gasteiger partial charge in [-0.25, -0.2) is 13.4 Å². The predicted molar refractivity (Wildman–Crippen MR) is 101 cm³/mol. The normalized spacial score (nSPS) is 14.6. The highest BCUT2D eigenvalue weighted by atomic mass is 32.2. The van der Waals surface area contributed by atoms with E-state index >= 15 is 0 Å². The van der Waals surface area contributed by atoms with Gasteiger partial charge >= 0.3 is 6.18 Å². The maximum atomic E-state index is 13.9. The molecule has 0 bridgehead atoms. The molecular weight excluding hydrogens is 425 g/mol. The molecule has 1 aromatic carbocycles. The maximum Gasteiger partial charge on any atom is 0.449 e. The number of aromatic nitrogens is 3. The van der Waals surface area contributed by atoms with Gasteiger partial charge in [0, 0.05) is 11.8 Å². The molecule has 12 heteroatoms. The number of aliphatic hydroxyl groups is 1. The highest BCUT2D eigenvalue weighted by molar-refractivity contribution is 7.92. The Bertz CT molecular complexity index is 1210. The molecule has 30 heavy (non-hydrogen) atoms. The molecule has 0 saturated carbocycles. The molecule has 0 aliphatic carbocycles. The number of nitrogens with two attached hydrogens (primary N) is 1. The predicted octanol–water partition coefficient (Wildman–Crippen LogP) is 1.68. The smallest absolute Gasteiger partial charge is 0.392 e. The van der Waals surface area contributed by atoms with E-state index in [1.165, 1.54) is 31.3 Å². The molecule has 2 heterocycles. The summed E-state index contributed by atoms with van der Waals surface area (Å²) in [6, 6.07) is 7.36. The number of aliphatic hydroxyl groups excluding tert-OH is 1. The number of nitrogens with zero attached hydrogens (tertiary/aromatic N) is 3. The number of carbonyl (C=O) groups excluding carboxylic acids is 1. The molecule has 1 atom stereocenters. The fourth-order valence-electron chi connectivity index (χ4n) is 3.28.